The lowest BCUT2D eigenvalue weighted by Crippen LogP contribution is -2.29. The molecule has 0 aromatic carbocycles. The molecule has 0 N–H and O–H groups in total. The fourth-order valence-corrected chi connectivity index (χ4v) is 17.5. The average Bonchev–Trinajstić information content (AvgIpc) is 3.18. The summed E-state index contributed by atoms with van der Waals surface area (Å²) in [7, 11) is 17.0. The minimum atomic E-state index is 0.475. The van der Waals surface area contributed by atoms with E-state index < -0.39 is 0 Å². The molecular formula is C43H88N2OS8. The van der Waals surface area contributed by atoms with Crippen molar-refractivity contribution >= 4 is 86.4 Å². The summed E-state index contributed by atoms with van der Waals surface area (Å²) in [5.74, 6) is 7.45. The van der Waals surface area contributed by atoms with Gasteiger partial charge in [-0.2, -0.15) is 4.91 Å². The van der Waals surface area contributed by atoms with Crippen molar-refractivity contribution in [2.75, 3.05) is 60.7 Å². The largest absolute Gasteiger partial charge is 0.302 e. The van der Waals surface area contributed by atoms with Crippen molar-refractivity contribution in [2.24, 2.45) is 5.18 Å². The van der Waals surface area contributed by atoms with Crippen LogP contribution in [0, 0.1) is 4.91 Å². The third-order valence-corrected chi connectivity index (χ3v) is 21.0. The maximum absolute atomic E-state index is 10.5. The number of rotatable bonds is 48. The van der Waals surface area contributed by atoms with E-state index >= 15 is 0 Å². The minimum absolute atomic E-state index is 0.475. The Bertz CT molecular complexity index is 666. The Hall–Kier alpha value is 2.36. The number of nitrogens with zero attached hydrogens (tertiary/aromatic N) is 2. The second-order valence-electron chi connectivity index (χ2n) is 14.9. The summed E-state index contributed by atoms with van der Waals surface area (Å²) in [5.41, 5.74) is 0. The molecule has 2 unspecified atom stereocenters. The summed E-state index contributed by atoms with van der Waals surface area (Å²) < 4.78 is 0. The molecule has 0 aliphatic heterocycles. The van der Waals surface area contributed by atoms with Crippen LogP contribution in [0.25, 0.3) is 0 Å². The predicted octanol–water partition coefficient (Wildman–Crippen LogP) is 17.9. The molecule has 0 rings (SSSR count). The highest BCUT2D eigenvalue weighted by atomic mass is 33.1. The van der Waals surface area contributed by atoms with Crippen LogP contribution < -0.4 is 0 Å². The molecule has 0 aliphatic rings. The van der Waals surface area contributed by atoms with Crippen molar-refractivity contribution in [2.45, 2.75) is 212 Å². The van der Waals surface area contributed by atoms with E-state index in [9.17, 15) is 4.91 Å². The zero-order valence-electron chi connectivity index (χ0n) is 35.9. The molecule has 0 aromatic rings. The van der Waals surface area contributed by atoms with Gasteiger partial charge in [0.05, 0.1) is 6.54 Å². The number of hydrogen-bond acceptors (Lipinski definition) is 11. The van der Waals surface area contributed by atoms with Gasteiger partial charge in [0.2, 0.25) is 0 Å². The quantitative estimate of drug-likeness (QED) is 0.0334. The maximum atomic E-state index is 10.5. The van der Waals surface area contributed by atoms with Crippen molar-refractivity contribution in [3.8, 4) is 0 Å². The van der Waals surface area contributed by atoms with E-state index in [1.54, 1.807) is 0 Å². The Balaban J connectivity index is 4.29. The van der Waals surface area contributed by atoms with Crippen LogP contribution in [0.5, 0.6) is 0 Å². The normalized spacial score (nSPS) is 12.9. The van der Waals surface area contributed by atoms with Crippen molar-refractivity contribution < 1.29 is 0 Å². The van der Waals surface area contributed by atoms with E-state index in [1.807, 2.05) is 0 Å². The van der Waals surface area contributed by atoms with Crippen LogP contribution >= 0.6 is 86.4 Å². The first kappa shape index (κ1) is 56.4. The van der Waals surface area contributed by atoms with Crippen molar-refractivity contribution in [3.63, 3.8) is 0 Å². The third kappa shape index (κ3) is 43.9. The van der Waals surface area contributed by atoms with E-state index in [0.29, 0.717) is 6.54 Å². The van der Waals surface area contributed by atoms with Gasteiger partial charge >= 0.3 is 0 Å². The fourth-order valence-electron chi connectivity index (χ4n) is 6.40. The SMILES string of the molecule is CCCCCCCCC(CCCCCC)SSCCSSCCN(CCCCCN=O)CCSSCCSSC(CCCCCC)CCCCCCCC. The van der Waals surface area contributed by atoms with E-state index in [-0.39, 0.29) is 0 Å². The second kappa shape index (κ2) is 49.7. The van der Waals surface area contributed by atoms with Crippen LogP contribution in [0.1, 0.15) is 201 Å². The van der Waals surface area contributed by atoms with Gasteiger partial charge < -0.3 is 4.90 Å². The van der Waals surface area contributed by atoms with Gasteiger partial charge in [-0.25, -0.2) is 0 Å². The van der Waals surface area contributed by atoms with Gasteiger partial charge in [0.1, 0.15) is 0 Å². The predicted molar refractivity (Wildman–Crippen MR) is 272 cm³/mol. The maximum Gasteiger partial charge on any atom is 0.0811 e. The topological polar surface area (TPSA) is 32.7 Å². The molecule has 11 heteroatoms. The van der Waals surface area contributed by atoms with Crippen LogP contribution in [0.4, 0.5) is 0 Å². The van der Waals surface area contributed by atoms with Crippen LogP contribution in [0.15, 0.2) is 5.18 Å². The number of nitroso groups, excluding NO2 is 1. The highest BCUT2D eigenvalue weighted by Crippen LogP contribution is 2.36. The Morgan fingerprint density at radius 1 is 0.370 bits per heavy atom. The van der Waals surface area contributed by atoms with Gasteiger partial charge in [0.15, 0.2) is 0 Å². The second-order valence-corrected chi connectivity index (χ2v) is 25.9. The molecule has 0 bridgehead atoms. The number of unbranched alkanes of at least 4 members (excludes halogenated alkanes) is 18. The fraction of sp³-hybridized carbons (Fsp3) is 1.00. The van der Waals surface area contributed by atoms with E-state index in [1.165, 1.54) is 208 Å². The lowest BCUT2D eigenvalue weighted by molar-refractivity contribution is 0.301. The summed E-state index contributed by atoms with van der Waals surface area (Å²) in [5, 5.41) is 4.78. The summed E-state index contributed by atoms with van der Waals surface area (Å²) in [4.78, 5) is 13.2. The van der Waals surface area contributed by atoms with Crippen molar-refractivity contribution in [3.05, 3.63) is 4.91 Å². The minimum Gasteiger partial charge on any atom is -0.302 e. The van der Waals surface area contributed by atoms with Crippen molar-refractivity contribution in [1.82, 2.24) is 4.90 Å². The molecule has 0 spiro atoms. The molecule has 3 nitrogen and oxygen atoms in total. The van der Waals surface area contributed by atoms with Crippen LogP contribution in [0.3, 0.4) is 0 Å². The Morgan fingerprint density at radius 3 is 1.11 bits per heavy atom. The Morgan fingerprint density at radius 2 is 0.704 bits per heavy atom. The van der Waals surface area contributed by atoms with Crippen LogP contribution in [-0.2, 0) is 0 Å². The van der Waals surface area contributed by atoms with E-state index in [4.69, 9.17) is 0 Å². The summed E-state index contributed by atoms with van der Waals surface area (Å²) in [6.07, 6.45) is 37.1. The van der Waals surface area contributed by atoms with Gasteiger partial charge in [0, 0.05) is 58.1 Å². The van der Waals surface area contributed by atoms with Crippen LogP contribution in [-0.4, -0.2) is 76.1 Å². The molecule has 0 fully saturated rings. The Labute approximate surface area is 370 Å². The molecule has 0 aromatic heterocycles. The van der Waals surface area contributed by atoms with Gasteiger partial charge in [-0.05, 0) is 45.1 Å². The van der Waals surface area contributed by atoms with E-state index in [0.717, 1.165) is 29.9 Å². The first-order valence-corrected chi connectivity index (χ1v) is 32.5. The van der Waals surface area contributed by atoms with Gasteiger partial charge in [-0.15, -0.1) is 0 Å². The van der Waals surface area contributed by atoms with Gasteiger partial charge in [0.25, 0.3) is 0 Å². The average molecular weight is 906 g/mol. The molecular weight excluding hydrogens is 817 g/mol. The Kier molecular flexibility index (Phi) is 51.9. The zero-order valence-corrected chi connectivity index (χ0v) is 42.4. The lowest BCUT2D eigenvalue weighted by Gasteiger charge is -2.21. The molecule has 0 saturated carbocycles. The van der Waals surface area contributed by atoms with Gasteiger partial charge in [-0.1, -0.05) is 254 Å². The summed E-state index contributed by atoms with van der Waals surface area (Å²) in [6, 6.07) is 0. The summed E-state index contributed by atoms with van der Waals surface area (Å²) >= 11 is 0. The highest BCUT2D eigenvalue weighted by Gasteiger charge is 2.12. The molecule has 0 saturated heterocycles. The monoisotopic (exact) mass is 904 g/mol. The number of hydrogen-bond donors (Lipinski definition) is 0. The smallest absolute Gasteiger partial charge is 0.0811 e. The first-order valence-electron chi connectivity index (χ1n) is 22.8. The first-order chi connectivity index (χ1) is 26.7. The molecule has 2 atom stereocenters. The molecule has 324 valence electrons. The van der Waals surface area contributed by atoms with Crippen LogP contribution in [0.2, 0.25) is 0 Å². The molecule has 0 amide bonds. The molecule has 0 heterocycles. The van der Waals surface area contributed by atoms with Gasteiger partial charge in [-0.3, -0.25) is 0 Å². The molecule has 0 aliphatic carbocycles. The van der Waals surface area contributed by atoms with Crippen molar-refractivity contribution in [1.29, 1.82) is 0 Å². The zero-order chi connectivity index (χ0) is 39.3. The third-order valence-electron chi connectivity index (χ3n) is 9.80. The summed E-state index contributed by atoms with van der Waals surface area (Å²) in [6.45, 7) is 13.3. The molecule has 0 radical (unpaired) electrons. The van der Waals surface area contributed by atoms with E-state index in [2.05, 4.69) is 124 Å². The lowest BCUT2D eigenvalue weighted by atomic mass is 10.0. The highest BCUT2D eigenvalue weighted by molar-refractivity contribution is 8.79. The molecule has 54 heavy (non-hydrogen) atoms. The standard InChI is InChI=1S/C43H88N2OS8/c1-5-9-13-17-19-24-30-42(28-22-15-11-7-3)53-51-40-38-49-47-36-34-45(33-27-21-26-32-44-46)35-37-48-50-39-41-52-54-43(29-23-16-12-8-4)31-25-20-18-14-10-6-2/h42-43H,5-41H2,1-4H3.